The molecule has 1 N–H and O–H groups in total. The van der Waals surface area contributed by atoms with Crippen LogP contribution in [-0.4, -0.2) is 34.7 Å². The number of halogens is 2. The molecule has 9 heteroatoms. The molecular formula is C17H19ClINO5S. The lowest BCUT2D eigenvalue weighted by atomic mass is 9.67. The summed E-state index contributed by atoms with van der Waals surface area (Å²) < 4.78 is 10.6. The second-order valence-electron chi connectivity index (χ2n) is 5.77. The van der Waals surface area contributed by atoms with E-state index in [-0.39, 0.29) is 11.4 Å². The van der Waals surface area contributed by atoms with Crippen molar-refractivity contribution >= 4 is 59.7 Å². The fourth-order valence-corrected chi connectivity index (χ4v) is 4.38. The van der Waals surface area contributed by atoms with Gasteiger partial charge in [0, 0.05) is 32.6 Å². The zero-order chi connectivity index (χ0) is 19.5. The highest BCUT2D eigenvalue weighted by molar-refractivity contribution is 14.2. The maximum absolute atomic E-state index is 13.1. The number of esters is 1. The van der Waals surface area contributed by atoms with Gasteiger partial charge in [-0.25, -0.2) is 4.79 Å². The van der Waals surface area contributed by atoms with Crippen LogP contribution in [0.2, 0.25) is 0 Å². The molecule has 3 rings (SSSR count). The normalized spacial score (nSPS) is 28.7. The molecule has 2 heterocycles. The molecule has 2 aliphatic heterocycles. The Morgan fingerprint density at radius 3 is 2.69 bits per heavy atom. The van der Waals surface area contributed by atoms with Crippen molar-refractivity contribution in [1.29, 1.82) is 0 Å². The summed E-state index contributed by atoms with van der Waals surface area (Å²) in [6.45, 7) is 5.60. The van der Waals surface area contributed by atoms with Crippen molar-refractivity contribution in [3.63, 3.8) is 0 Å². The first-order chi connectivity index (χ1) is 12.4. The highest BCUT2D eigenvalue weighted by atomic mass is 127. The van der Waals surface area contributed by atoms with Crippen LogP contribution >= 0.6 is 42.0 Å². The van der Waals surface area contributed by atoms with Crippen LogP contribution in [0.3, 0.4) is 0 Å². The summed E-state index contributed by atoms with van der Waals surface area (Å²) >= 11 is 7.72. The number of fused-ring (bicyclic) bond motifs is 1. The van der Waals surface area contributed by atoms with E-state index >= 15 is 0 Å². The second kappa shape index (κ2) is 8.35. The number of hydrogen-bond donors (Lipinski definition) is 1. The number of carbonyl (C=O) groups is 3. The number of ketones is 1. The van der Waals surface area contributed by atoms with E-state index in [0.29, 0.717) is 12.2 Å². The quantitative estimate of drug-likeness (QED) is 0.157. The van der Waals surface area contributed by atoms with Gasteiger partial charge in [0.05, 0.1) is 5.92 Å². The standard InChI is InChI=1S/C15H13ClINO5S.C2H6/c1-14-10(5-6-16)12(20)18-15(14,13(21)22-14)11(19)8-3-2-4-9(7-8)23-24-17;1-2/h2-4,7,10H,5-6H2,1H3,(H,18,20);1-2H3/t10-,14-,15-;/m0./s1. The van der Waals surface area contributed by atoms with Gasteiger partial charge in [0.2, 0.25) is 17.2 Å². The summed E-state index contributed by atoms with van der Waals surface area (Å²) in [5.74, 6) is -1.59. The topological polar surface area (TPSA) is 81.7 Å². The third-order valence-electron chi connectivity index (χ3n) is 4.61. The second-order valence-corrected chi connectivity index (χ2v) is 7.52. The number of hydrogen-bond acceptors (Lipinski definition) is 6. The van der Waals surface area contributed by atoms with Gasteiger partial charge in [0.1, 0.15) is 15.0 Å². The summed E-state index contributed by atoms with van der Waals surface area (Å²) in [7, 11) is 1.11. The number of amides is 1. The molecule has 0 spiro atoms. The molecule has 1 aromatic carbocycles. The highest BCUT2D eigenvalue weighted by Crippen LogP contribution is 2.51. The summed E-state index contributed by atoms with van der Waals surface area (Å²) in [6, 6.07) is 6.47. The predicted octanol–water partition coefficient (Wildman–Crippen LogP) is 3.70. The molecule has 0 bridgehead atoms. The molecule has 0 saturated carbocycles. The van der Waals surface area contributed by atoms with Gasteiger partial charge >= 0.3 is 5.97 Å². The predicted molar refractivity (Wildman–Crippen MR) is 109 cm³/mol. The van der Waals surface area contributed by atoms with E-state index in [1.54, 1.807) is 25.1 Å². The Kier molecular flexibility index (Phi) is 6.84. The monoisotopic (exact) mass is 511 g/mol. The smallest absolute Gasteiger partial charge is 0.345 e. The third kappa shape index (κ3) is 3.09. The van der Waals surface area contributed by atoms with Crippen LogP contribution in [0, 0.1) is 5.92 Å². The van der Waals surface area contributed by atoms with Crippen molar-refractivity contribution in [3.05, 3.63) is 29.8 Å². The van der Waals surface area contributed by atoms with Gasteiger partial charge in [-0.05, 0) is 25.5 Å². The largest absolute Gasteiger partial charge is 0.453 e. The van der Waals surface area contributed by atoms with Crippen molar-refractivity contribution in [2.24, 2.45) is 5.92 Å². The lowest BCUT2D eigenvalue weighted by molar-refractivity contribution is -0.210. The molecule has 1 amide bonds. The average molecular weight is 512 g/mol. The van der Waals surface area contributed by atoms with Gasteiger partial charge in [-0.1, -0.05) is 26.0 Å². The van der Waals surface area contributed by atoms with Crippen LogP contribution < -0.4 is 9.50 Å². The van der Waals surface area contributed by atoms with Crippen molar-refractivity contribution in [1.82, 2.24) is 5.32 Å². The van der Waals surface area contributed by atoms with E-state index in [2.05, 4.69) is 5.32 Å². The van der Waals surface area contributed by atoms with Crippen molar-refractivity contribution < 1.29 is 23.3 Å². The number of ether oxygens (including phenoxy) is 1. The Bertz CT molecular complexity index is 733. The molecule has 2 saturated heterocycles. The zero-order valence-corrected chi connectivity index (χ0v) is 18.2. The van der Waals surface area contributed by atoms with Gasteiger partial charge < -0.3 is 14.2 Å². The Morgan fingerprint density at radius 2 is 2.12 bits per heavy atom. The zero-order valence-electron chi connectivity index (χ0n) is 14.5. The third-order valence-corrected chi connectivity index (χ3v) is 5.62. The van der Waals surface area contributed by atoms with Gasteiger partial charge in [-0.15, -0.1) is 11.6 Å². The van der Waals surface area contributed by atoms with Crippen LogP contribution in [-0.2, 0) is 14.3 Å². The molecule has 2 fully saturated rings. The fraction of sp³-hybridized carbons (Fsp3) is 0.471. The molecule has 0 aliphatic carbocycles. The van der Waals surface area contributed by atoms with E-state index < -0.39 is 34.7 Å². The highest BCUT2D eigenvalue weighted by Gasteiger charge is 2.79. The van der Waals surface area contributed by atoms with E-state index in [4.69, 9.17) is 20.5 Å². The fourth-order valence-electron chi connectivity index (χ4n) is 3.36. The molecule has 6 nitrogen and oxygen atoms in total. The number of nitrogens with one attached hydrogen (secondary N) is 1. The lowest BCUT2D eigenvalue weighted by Crippen LogP contribution is -2.77. The Morgan fingerprint density at radius 1 is 1.42 bits per heavy atom. The SMILES string of the molecule is CC.C[C@@]12OC(=O)[C@]1(C(=O)c1cccc(OSI)c1)NC(=O)[C@@H]2CCCl. The van der Waals surface area contributed by atoms with Gasteiger partial charge in [0.25, 0.3) is 0 Å². The molecule has 142 valence electrons. The van der Waals surface area contributed by atoms with E-state index in [9.17, 15) is 14.4 Å². The minimum absolute atomic E-state index is 0.228. The van der Waals surface area contributed by atoms with Crippen LogP contribution in [0.4, 0.5) is 0 Å². The Labute approximate surface area is 173 Å². The van der Waals surface area contributed by atoms with E-state index in [1.165, 1.54) is 6.07 Å². The molecule has 2 aliphatic rings. The van der Waals surface area contributed by atoms with Crippen molar-refractivity contribution in [2.75, 3.05) is 5.88 Å². The Hall–Kier alpha value is -1.000. The summed E-state index contributed by atoms with van der Waals surface area (Å²) in [5.41, 5.74) is -2.66. The number of Topliss-reactive ketones (excluding diaryl/α,β-unsaturated/α-hetero) is 1. The summed E-state index contributed by atoms with van der Waals surface area (Å²) in [4.78, 5) is 37.6. The summed E-state index contributed by atoms with van der Waals surface area (Å²) in [5, 5.41) is 2.57. The Balaban J connectivity index is 0.00000117. The number of rotatable bonds is 6. The average Bonchev–Trinajstić information content (AvgIpc) is 2.81. The van der Waals surface area contributed by atoms with Crippen LogP contribution in [0.5, 0.6) is 5.75 Å². The molecule has 0 radical (unpaired) electrons. The van der Waals surface area contributed by atoms with E-state index in [1.807, 2.05) is 35.1 Å². The lowest BCUT2D eigenvalue weighted by Gasteiger charge is -2.49. The first-order valence-electron chi connectivity index (χ1n) is 8.12. The van der Waals surface area contributed by atoms with Crippen LogP contribution in [0.15, 0.2) is 24.3 Å². The number of benzene rings is 1. The molecule has 26 heavy (non-hydrogen) atoms. The molecule has 1 aromatic rings. The molecular weight excluding hydrogens is 493 g/mol. The van der Waals surface area contributed by atoms with Crippen LogP contribution in [0.1, 0.15) is 37.6 Å². The molecule has 0 unspecified atom stereocenters. The van der Waals surface area contributed by atoms with Crippen molar-refractivity contribution in [2.45, 2.75) is 38.3 Å². The number of alkyl halides is 1. The maximum atomic E-state index is 13.1. The first-order valence-corrected chi connectivity index (χ1v) is 11.9. The summed E-state index contributed by atoms with van der Waals surface area (Å²) in [6.07, 6.45) is 0.320. The van der Waals surface area contributed by atoms with E-state index in [0.717, 1.165) is 9.21 Å². The van der Waals surface area contributed by atoms with Gasteiger partial charge in [-0.2, -0.15) is 0 Å². The maximum Gasteiger partial charge on any atom is 0.345 e. The van der Waals surface area contributed by atoms with Crippen molar-refractivity contribution in [3.8, 4) is 5.75 Å². The van der Waals surface area contributed by atoms with Crippen LogP contribution in [0.25, 0.3) is 0 Å². The van der Waals surface area contributed by atoms with Gasteiger partial charge in [-0.3, -0.25) is 9.59 Å². The first kappa shape index (κ1) is 21.3. The van der Waals surface area contributed by atoms with Gasteiger partial charge in [0.15, 0.2) is 5.60 Å². The number of carbonyl (C=O) groups excluding carboxylic acids is 3. The minimum atomic E-state index is -1.70. The molecule has 3 atom stereocenters. The minimum Gasteiger partial charge on any atom is -0.453 e. The molecule has 0 aromatic heterocycles.